The first-order valence-corrected chi connectivity index (χ1v) is 8.02. The van der Waals surface area contributed by atoms with Gasteiger partial charge in [-0.15, -0.1) is 0 Å². The molecule has 0 aliphatic carbocycles. The van der Waals surface area contributed by atoms with Crippen molar-refractivity contribution in [3.63, 3.8) is 0 Å². The van der Waals surface area contributed by atoms with Crippen LogP contribution in [0.1, 0.15) is 5.56 Å². The van der Waals surface area contributed by atoms with Crippen molar-refractivity contribution in [2.75, 3.05) is 10.5 Å². The molecule has 0 unspecified atom stereocenters. The van der Waals surface area contributed by atoms with Crippen molar-refractivity contribution >= 4 is 37.3 Å². The molecule has 0 spiro atoms. The van der Waals surface area contributed by atoms with Crippen LogP contribution in [0.4, 0.5) is 20.2 Å². The Balaban J connectivity index is 2.47. The third-order valence-electron chi connectivity index (χ3n) is 2.76. The summed E-state index contributed by atoms with van der Waals surface area (Å²) >= 11 is 2.97. The van der Waals surface area contributed by atoms with Gasteiger partial charge in [0.25, 0.3) is 10.0 Å². The molecule has 4 nitrogen and oxygen atoms in total. The smallest absolute Gasteiger partial charge is 0.264 e. The second-order valence-corrected chi connectivity index (χ2v) is 6.88. The highest BCUT2D eigenvalue weighted by Crippen LogP contribution is 2.27. The molecule has 0 bridgehead atoms. The van der Waals surface area contributed by atoms with Crippen LogP contribution in [-0.2, 0) is 10.0 Å². The zero-order chi connectivity index (χ0) is 15.8. The maximum absolute atomic E-state index is 13.7. The van der Waals surface area contributed by atoms with Gasteiger partial charge in [0.2, 0.25) is 0 Å². The molecule has 0 heterocycles. The maximum atomic E-state index is 13.7. The minimum atomic E-state index is -4.17. The van der Waals surface area contributed by atoms with Crippen LogP contribution >= 0.6 is 15.9 Å². The highest BCUT2D eigenvalue weighted by atomic mass is 79.9. The first-order valence-electron chi connectivity index (χ1n) is 5.74. The Morgan fingerprint density at radius 2 is 1.81 bits per heavy atom. The van der Waals surface area contributed by atoms with Gasteiger partial charge >= 0.3 is 0 Å². The molecule has 0 aliphatic heterocycles. The number of rotatable bonds is 3. The van der Waals surface area contributed by atoms with E-state index in [0.29, 0.717) is 5.56 Å². The first-order chi connectivity index (χ1) is 9.70. The molecule has 0 atom stereocenters. The van der Waals surface area contributed by atoms with Crippen LogP contribution in [0.25, 0.3) is 0 Å². The summed E-state index contributed by atoms with van der Waals surface area (Å²) in [6.07, 6.45) is 0. The summed E-state index contributed by atoms with van der Waals surface area (Å²) in [5.41, 5.74) is 6.10. The van der Waals surface area contributed by atoms with Crippen molar-refractivity contribution in [3.8, 4) is 0 Å². The lowest BCUT2D eigenvalue weighted by atomic mass is 10.2. The monoisotopic (exact) mass is 376 g/mol. The largest absolute Gasteiger partial charge is 0.399 e. The number of benzene rings is 2. The first kappa shape index (κ1) is 15.7. The summed E-state index contributed by atoms with van der Waals surface area (Å²) in [7, 11) is -4.17. The molecule has 0 fully saturated rings. The van der Waals surface area contributed by atoms with E-state index in [1.165, 1.54) is 19.1 Å². The van der Waals surface area contributed by atoms with Crippen LogP contribution in [0.3, 0.4) is 0 Å². The molecule has 8 heteroatoms. The lowest BCUT2D eigenvalue weighted by Gasteiger charge is -2.12. The number of sulfonamides is 1. The molecular weight excluding hydrogens is 366 g/mol. The number of nitrogens with two attached hydrogens (primary N) is 1. The minimum absolute atomic E-state index is 0.0962. The van der Waals surface area contributed by atoms with Gasteiger partial charge in [0.05, 0.1) is 10.2 Å². The summed E-state index contributed by atoms with van der Waals surface area (Å²) in [6, 6.07) is 5.68. The standard InChI is InChI=1S/C13H11BrF2N2O2S/c1-7-4-11(16)9(14)6-12(7)18-21(19,20)13-5-8(17)2-3-10(13)15/h2-6,18H,17H2,1H3. The Labute approximate surface area is 129 Å². The summed E-state index contributed by atoms with van der Waals surface area (Å²) < 4.78 is 53.7. The van der Waals surface area contributed by atoms with E-state index in [0.717, 1.165) is 18.2 Å². The number of aryl methyl sites for hydroxylation is 1. The Bertz CT molecular complexity index is 810. The molecule has 2 aromatic carbocycles. The Morgan fingerprint density at radius 3 is 2.48 bits per heavy atom. The van der Waals surface area contributed by atoms with Gasteiger partial charge in [0, 0.05) is 5.69 Å². The number of anilines is 2. The molecule has 0 amide bonds. The quantitative estimate of drug-likeness (QED) is 0.806. The van der Waals surface area contributed by atoms with Gasteiger partial charge < -0.3 is 5.73 Å². The van der Waals surface area contributed by atoms with Crippen LogP contribution in [0.5, 0.6) is 0 Å². The van der Waals surface area contributed by atoms with Crippen molar-refractivity contribution in [2.24, 2.45) is 0 Å². The van der Waals surface area contributed by atoms with Crippen LogP contribution in [0, 0.1) is 18.6 Å². The molecule has 21 heavy (non-hydrogen) atoms. The highest BCUT2D eigenvalue weighted by molar-refractivity contribution is 9.10. The van der Waals surface area contributed by atoms with Crippen molar-refractivity contribution in [2.45, 2.75) is 11.8 Å². The van der Waals surface area contributed by atoms with Crippen molar-refractivity contribution in [1.29, 1.82) is 0 Å². The van der Waals surface area contributed by atoms with E-state index < -0.39 is 26.6 Å². The van der Waals surface area contributed by atoms with Gasteiger partial charge in [-0.1, -0.05) is 0 Å². The fourth-order valence-electron chi connectivity index (χ4n) is 1.68. The van der Waals surface area contributed by atoms with E-state index in [-0.39, 0.29) is 15.8 Å². The average molecular weight is 377 g/mol. The molecule has 3 N–H and O–H groups in total. The van der Waals surface area contributed by atoms with Crippen LogP contribution in [0.2, 0.25) is 0 Å². The molecule has 0 aliphatic rings. The maximum Gasteiger partial charge on any atom is 0.264 e. The molecule has 0 saturated heterocycles. The number of hydrogen-bond acceptors (Lipinski definition) is 3. The number of halogens is 3. The summed E-state index contributed by atoms with van der Waals surface area (Å²) in [6.45, 7) is 1.53. The molecular formula is C13H11BrF2N2O2S. The number of nitrogens with one attached hydrogen (secondary N) is 1. The van der Waals surface area contributed by atoms with E-state index in [2.05, 4.69) is 20.7 Å². The fourth-order valence-corrected chi connectivity index (χ4v) is 3.26. The molecule has 0 radical (unpaired) electrons. The van der Waals surface area contributed by atoms with Crippen LogP contribution < -0.4 is 10.5 Å². The average Bonchev–Trinajstić information content (AvgIpc) is 2.38. The van der Waals surface area contributed by atoms with Crippen LogP contribution in [-0.4, -0.2) is 8.42 Å². The number of nitrogen functional groups attached to an aromatic ring is 1. The predicted octanol–water partition coefficient (Wildman–Crippen LogP) is 3.42. The Hall–Kier alpha value is -1.67. The van der Waals surface area contributed by atoms with E-state index in [1.54, 1.807) is 0 Å². The molecule has 112 valence electrons. The third kappa shape index (κ3) is 3.33. The Kier molecular flexibility index (Phi) is 4.20. The lowest BCUT2D eigenvalue weighted by Crippen LogP contribution is -2.16. The zero-order valence-electron chi connectivity index (χ0n) is 10.8. The highest BCUT2D eigenvalue weighted by Gasteiger charge is 2.21. The van der Waals surface area contributed by atoms with E-state index >= 15 is 0 Å². The van der Waals surface area contributed by atoms with Gasteiger partial charge in [0.1, 0.15) is 16.5 Å². The van der Waals surface area contributed by atoms with E-state index in [9.17, 15) is 17.2 Å². The molecule has 2 rings (SSSR count). The third-order valence-corrected chi connectivity index (χ3v) is 4.74. The zero-order valence-corrected chi connectivity index (χ0v) is 13.2. The number of hydrogen-bond donors (Lipinski definition) is 2. The second-order valence-electron chi connectivity index (χ2n) is 4.38. The lowest BCUT2D eigenvalue weighted by molar-refractivity contribution is 0.570. The topological polar surface area (TPSA) is 72.2 Å². The van der Waals surface area contributed by atoms with E-state index in [4.69, 9.17) is 5.73 Å². The molecule has 2 aromatic rings. The van der Waals surface area contributed by atoms with Gasteiger partial charge in [0.15, 0.2) is 0 Å². The van der Waals surface area contributed by atoms with Crippen molar-refractivity contribution in [1.82, 2.24) is 0 Å². The van der Waals surface area contributed by atoms with Crippen molar-refractivity contribution < 1.29 is 17.2 Å². The molecule has 0 aromatic heterocycles. The summed E-state index contributed by atoms with van der Waals surface area (Å²) in [4.78, 5) is -0.567. The van der Waals surface area contributed by atoms with Gasteiger partial charge in [-0.05, 0) is 58.7 Å². The van der Waals surface area contributed by atoms with Gasteiger partial charge in [-0.3, -0.25) is 4.72 Å². The minimum Gasteiger partial charge on any atom is -0.399 e. The second kappa shape index (κ2) is 5.61. The van der Waals surface area contributed by atoms with Gasteiger partial charge in [-0.2, -0.15) is 0 Å². The van der Waals surface area contributed by atoms with Gasteiger partial charge in [-0.25, -0.2) is 17.2 Å². The van der Waals surface area contributed by atoms with Crippen molar-refractivity contribution in [3.05, 3.63) is 52.0 Å². The SMILES string of the molecule is Cc1cc(F)c(Br)cc1NS(=O)(=O)c1cc(N)ccc1F. The van der Waals surface area contributed by atoms with Crippen LogP contribution in [0.15, 0.2) is 39.7 Å². The molecule has 0 saturated carbocycles. The Morgan fingerprint density at radius 1 is 1.14 bits per heavy atom. The predicted molar refractivity (Wildman–Crippen MR) is 80.5 cm³/mol. The summed E-state index contributed by atoms with van der Waals surface area (Å²) in [5, 5.41) is 0. The normalized spacial score (nSPS) is 11.4. The summed E-state index contributed by atoms with van der Waals surface area (Å²) in [5.74, 6) is -1.44. The fraction of sp³-hybridized carbons (Fsp3) is 0.0769. The van der Waals surface area contributed by atoms with E-state index in [1.807, 2.05) is 0 Å².